The third-order valence-electron chi connectivity index (χ3n) is 5.61. The van der Waals surface area contributed by atoms with Crippen molar-refractivity contribution in [3.63, 3.8) is 0 Å². The SMILES string of the molecule is Cc1cccc2c1NCCC2C(O)n1nc2c(c1N)CCN(S(C)(=O)=O)C2. The Morgan fingerprint density at radius 3 is 2.93 bits per heavy atom. The van der Waals surface area contributed by atoms with Crippen LogP contribution in [0.15, 0.2) is 18.2 Å². The zero-order valence-corrected chi connectivity index (χ0v) is 16.3. The van der Waals surface area contributed by atoms with Gasteiger partial charge in [0.1, 0.15) is 5.82 Å². The van der Waals surface area contributed by atoms with Crippen molar-refractivity contribution in [2.45, 2.75) is 38.5 Å². The summed E-state index contributed by atoms with van der Waals surface area (Å²) in [5.74, 6) is 0.300. The van der Waals surface area contributed by atoms with Crippen LogP contribution in [0.1, 0.15) is 41.0 Å². The molecule has 27 heavy (non-hydrogen) atoms. The smallest absolute Gasteiger partial charge is 0.211 e. The molecule has 2 aliphatic heterocycles. The largest absolute Gasteiger partial charge is 0.385 e. The van der Waals surface area contributed by atoms with E-state index in [0.29, 0.717) is 24.5 Å². The second-order valence-electron chi connectivity index (χ2n) is 7.38. The first kappa shape index (κ1) is 18.3. The fraction of sp³-hybridized carbons (Fsp3) is 0.500. The minimum atomic E-state index is -3.29. The van der Waals surface area contributed by atoms with Gasteiger partial charge in [-0.25, -0.2) is 13.1 Å². The predicted molar refractivity (Wildman–Crippen MR) is 104 cm³/mol. The Labute approximate surface area is 159 Å². The molecule has 2 atom stereocenters. The molecule has 0 fully saturated rings. The number of hydrogen-bond acceptors (Lipinski definition) is 6. The van der Waals surface area contributed by atoms with Crippen LogP contribution in [0.5, 0.6) is 0 Å². The summed E-state index contributed by atoms with van der Waals surface area (Å²) < 4.78 is 26.5. The summed E-state index contributed by atoms with van der Waals surface area (Å²) in [5.41, 5.74) is 11.0. The van der Waals surface area contributed by atoms with E-state index in [2.05, 4.69) is 10.4 Å². The highest BCUT2D eigenvalue weighted by Crippen LogP contribution is 2.40. The van der Waals surface area contributed by atoms with Crippen LogP contribution in [0.4, 0.5) is 11.5 Å². The molecule has 2 unspecified atom stereocenters. The number of rotatable bonds is 3. The lowest BCUT2D eigenvalue weighted by Gasteiger charge is -2.31. The number of para-hydroxylation sites is 1. The van der Waals surface area contributed by atoms with Gasteiger partial charge in [0, 0.05) is 30.3 Å². The van der Waals surface area contributed by atoms with Crippen molar-refractivity contribution < 1.29 is 13.5 Å². The van der Waals surface area contributed by atoms with Gasteiger partial charge < -0.3 is 16.2 Å². The lowest BCUT2D eigenvalue weighted by atomic mass is 9.88. The first-order chi connectivity index (χ1) is 12.8. The number of aliphatic hydroxyl groups is 1. The van der Waals surface area contributed by atoms with Crippen LogP contribution >= 0.6 is 0 Å². The van der Waals surface area contributed by atoms with Crippen molar-refractivity contribution in [1.29, 1.82) is 0 Å². The van der Waals surface area contributed by atoms with Crippen molar-refractivity contribution in [3.8, 4) is 0 Å². The maximum atomic E-state index is 11.8. The molecule has 0 saturated carbocycles. The van der Waals surface area contributed by atoms with Crippen LogP contribution in [0.25, 0.3) is 0 Å². The Morgan fingerprint density at radius 1 is 1.41 bits per heavy atom. The number of nitrogen functional groups attached to an aromatic ring is 1. The monoisotopic (exact) mass is 391 g/mol. The molecule has 2 aromatic rings. The van der Waals surface area contributed by atoms with Gasteiger partial charge in [-0.05, 0) is 30.9 Å². The molecule has 0 saturated heterocycles. The predicted octanol–water partition coefficient (Wildman–Crippen LogP) is 1.18. The number of fused-ring (bicyclic) bond motifs is 2. The molecule has 8 nitrogen and oxygen atoms in total. The fourth-order valence-electron chi connectivity index (χ4n) is 4.13. The van der Waals surface area contributed by atoms with Crippen LogP contribution in [0, 0.1) is 6.92 Å². The zero-order valence-electron chi connectivity index (χ0n) is 15.5. The number of nitrogens with zero attached hydrogens (tertiary/aromatic N) is 3. The van der Waals surface area contributed by atoms with Gasteiger partial charge in [-0.3, -0.25) is 0 Å². The number of aromatic nitrogens is 2. The van der Waals surface area contributed by atoms with Crippen LogP contribution in [-0.2, 0) is 23.0 Å². The van der Waals surface area contributed by atoms with Crippen molar-refractivity contribution in [2.24, 2.45) is 0 Å². The molecule has 9 heteroatoms. The number of nitrogens with one attached hydrogen (secondary N) is 1. The highest BCUT2D eigenvalue weighted by molar-refractivity contribution is 7.88. The van der Waals surface area contributed by atoms with E-state index < -0.39 is 16.3 Å². The van der Waals surface area contributed by atoms with Gasteiger partial charge in [0.25, 0.3) is 0 Å². The Hall–Kier alpha value is -2.10. The third-order valence-corrected chi connectivity index (χ3v) is 6.86. The zero-order chi connectivity index (χ0) is 19.3. The maximum Gasteiger partial charge on any atom is 0.211 e. The lowest BCUT2D eigenvalue weighted by molar-refractivity contribution is 0.0600. The second kappa shape index (κ2) is 6.50. The molecule has 0 spiro atoms. The van der Waals surface area contributed by atoms with Gasteiger partial charge in [-0.15, -0.1) is 0 Å². The summed E-state index contributed by atoms with van der Waals surface area (Å²) in [7, 11) is -3.29. The molecular formula is C18H25N5O3S. The van der Waals surface area contributed by atoms with E-state index >= 15 is 0 Å². The molecular weight excluding hydrogens is 366 g/mol. The average Bonchev–Trinajstić information content (AvgIpc) is 2.97. The van der Waals surface area contributed by atoms with Crippen molar-refractivity contribution in [1.82, 2.24) is 14.1 Å². The summed E-state index contributed by atoms with van der Waals surface area (Å²) in [6.45, 7) is 3.39. The first-order valence-electron chi connectivity index (χ1n) is 9.09. The van der Waals surface area contributed by atoms with Gasteiger partial charge >= 0.3 is 0 Å². The van der Waals surface area contributed by atoms with E-state index in [-0.39, 0.29) is 12.5 Å². The Balaban J connectivity index is 1.68. The van der Waals surface area contributed by atoms with E-state index in [1.165, 1.54) is 15.2 Å². The number of hydrogen-bond donors (Lipinski definition) is 3. The summed E-state index contributed by atoms with van der Waals surface area (Å²) in [4.78, 5) is 0. The molecule has 4 N–H and O–H groups in total. The van der Waals surface area contributed by atoms with E-state index in [9.17, 15) is 13.5 Å². The van der Waals surface area contributed by atoms with E-state index in [0.717, 1.165) is 35.3 Å². The van der Waals surface area contributed by atoms with Gasteiger partial charge in [-0.1, -0.05) is 18.2 Å². The molecule has 0 aliphatic carbocycles. The van der Waals surface area contributed by atoms with E-state index in [1.807, 2.05) is 25.1 Å². The Bertz CT molecular complexity index is 985. The molecule has 1 aromatic carbocycles. The van der Waals surface area contributed by atoms with Crippen LogP contribution < -0.4 is 11.1 Å². The Kier molecular flexibility index (Phi) is 4.40. The molecule has 0 amide bonds. The number of aryl methyl sites for hydroxylation is 1. The van der Waals surface area contributed by atoms with Gasteiger partial charge in [0.05, 0.1) is 18.5 Å². The minimum absolute atomic E-state index is 0.129. The minimum Gasteiger partial charge on any atom is -0.385 e. The number of aliphatic hydroxyl groups excluding tert-OH is 1. The standard InChI is InChI=1S/C18H25N5O3S/c1-11-4-3-5-12-13(6-8-20-16(11)12)18(24)23-17(19)14-7-9-22(27(2,25)26)10-15(14)21-23/h3-5,13,18,20,24H,6-10,19H2,1-2H3. The van der Waals surface area contributed by atoms with Crippen LogP contribution in [-0.4, -0.2) is 47.0 Å². The highest BCUT2D eigenvalue weighted by atomic mass is 32.2. The third kappa shape index (κ3) is 3.09. The van der Waals surface area contributed by atoms with Crippen molar-refractivity contribution >= 4 is 21.5 Å². The number of anilines is 2. The van der Waals surface area contributed by atoms with Gasteiger partial charge in [0.2, 0.25) is 10.0 Å². The maximum absolute atomic E-state index is 11.8. The van der Waals surface area contributed by atoms with E-state index in [4.69, 9.17) is 5.73 Å². The quantitative estimate of drug-likeness (QED) is 0.724. The molecule has 146 valence electrons. The van der Waals surface area contributed by atoms with Crippen LogP contribution in [0.2, 0.25) is 0 Å². The van der Waals surface area contributed by atoms with E-state index in [1.54, 1.807) is 0 Å². The summed E-state index contributed by atoms with van der Waals surface area (Å²) in [6.07, 6.45) is 1.56. The molecule has 2 aliphatic rings. The lowest BCUT2D eigenvalue weighted by Crippen LogP contribution is -2.35. The average molecular weight is 391 g/mol. The second-order valence-corrected chi connectivity index (χ2v) is 9.36. The highest BCUT2D eigenvalue weighted by Gasteiger charge is 2.33. The molecule has 4 rings (SSSR count). The molecule has 0 radical (unpaired) electrons. The number of benzene rings is 1. The molecule has 0 bridgehead atoms. The topological polar surface area (TPSA) is 113 Å². The number of nitrogens with two attached hydrogens (primary N) is 1. The fourth-order valence-corrected chi connectivity index (χ4v) is 4.91. The first-order valence-corrected chi connectivity index (χ1v) is 10.9. The summed E-state index contributed by atoms with van der Waals surface area (Å²) in [5, 5.41) is 19.0. The van der Waals surface area contributed by atoms with Crippen LogP contribution in [0.3, 0.4) is 0 Å². The normalized spacial score (nSPS) is 21.2. The van der Waals surface area contributed by atoms with Crippen molar-refractivity contribution in [3.05, 3.63) is 40.6 Å². The molecule has 1 aromatic heterocycles. The Morgan fingerprint density at radius 2 is 2.19 bits per heavy atom. The molecule has 3 heterocycles. The number of sulfonamides is 1. The van der Waals surface area contributed by atoms with Crippen molar-refractivity contribution in [2.75, 3.05) is 30.4 Å². The summed E-state index contributed by atoms with van der Waals surface area (Å²) in [6, 6.07) is 6.05. The van der Waals surface area contributed by atoms with Gasteiger partial charge in [-0.2, -0.15) is 9.40 Å². The van der Waals surface area contributed by atoms with Gasteiger partial charge in [0.15, 0.2) is 6.23 Å². The summed E-state index contributed by atoms with van der Waals surface area (Å²) >= 11 is 0.